The molecule has 3 rings (SSSR count). The van der Waals surface area contributed by atoms with Crippen LogP contribution in [0.15, 0.2) is 36.8 Å². The molecule has 2 amide bonds. The second-order valence-electron chi connectivity index (χ2n) is 3.80. The number of carbonyl (C=O) groups excluding carboxylic acids is 1. The van der Waals surface area contributed by atoms with Crippen LogP contribution in [-0.4, -0.2) is 21.0 Å². The fourth-order valence-corrected chi connectivity index (χ4v) is 2.70. The molecule has 6 nitrogen and oxygen atoms in total. The van der Waals surface area contributed by atoms with Crippen molar-refractivity contribution in [3.05, 3.63) is 41.8 Å². The molecule has 2 aromatic heterocycles. The Morgan fingerprint density at radius 2 is 2.15 bits per heavy atom. The second kappa shape index (κ2) is 5.40. The highest BCUT2D eigenvalue weighted by Crippen LogP contribution is 2.28. The van der Waals surface area contributed by atoms with E-state index in [0.29, 0.717) is 16.0 Å². The van der Waals surface area contributed by atoms with Crippen molar-refractivity contribution in [1.29, 1.82) is 0 Å². The molecular weight excluding hydrogens is 298 g/mol. The monoisotopic (exact) mass is 305 g/mol. The van der Waals surface area contributed by atoms with Crippen molar-refractivity contribution in [2.24, 2.45) is 0 Å². The van der Waals surface area contributed by atoms with Crippen LogP contribution in [0.2, 0.25) is 5.02 Å². The number of aromatic nitrogens is 3. The molecule has 8 heteroatoms. The number of halogens is 1. The molecule has 0 aliphatic heterocycles. The lowest BCUT2D eigenvalue weighted by Crippen LogP contribution is -2.19. The first-order chi connectivity index (χ1) is 9.70. The van der Waals surface area contributed by atoms with Crippen LogP contribution < -0.4 is 10.6 Å². The van der Waals surface area contributed by atoms with Gasteiger partial charge in [0.2, 0.25) is 0 Å². The maximum atomic E-state index is 11.8. The van der Waals surface area contributed by atoms with Gasteiger partial charge in [-0.3, -0.25) is 15.6 Å². The van der Waals surface area contributed by atoms with Gasteiger partial charge in [-0.2, -0.15) is 0 Å². The summed E-state index contributed by atoms with van der Waals surface area (Å²) in [5, 5.41) is 6.33. The molecule has 0 radical (unpaired) electrons. The van der Waals surface area contributed by atoms with E-state index in [0.717, 1.165) is 10.2 Å². The molecule has 100 valence electrons. The molecule has 1 aromatic carbocycles. The number of urea groups is 1. The van der Waals surface area contributed by atoms with Crippen molar-refractivity contribution in [3.8, 4) is 0 Å². The van der Waals surface area contributed by atoms with Gasteiger partial charge in [0, 0.05) is 17.4 Å². The number of anilines is 2. The van der Waals surface area contributed by atoms with Crippen LogP contribution in [0, 0.1) is 0 Å². The molecule has 2 heterocycles. The van der Waals surface area contributed by atoms with Crippen LogP contribution >= 0.6 is 22.9 Å². The normalized spacial score (nSPS) is 10.4. The van der Waals surface area contributed by atoms with Gasteiger partial charge in [-0.25, -0.2) is 14.8 Å². The minimum Gasteiger partial charge on any atom is -0.291 e. The minimum absolute atomic E-state index is 0.370. The van der Waals surface area contributed by atoms with Gasteiger partial charge in [-0.05, 0) is 18.2 Å². The summed E-state index contributed by atoms with van der Waals surface area (Å²) in [6.07, 6.45) is 4.48. The van der Waals surface area contributed by atoms with E-state index in [4.69, 9.17) is 11.6 Å². The second-order valence-corrected chi connectivity index (χ2v) is 5.27. The molecule has 0 saturated carbocycles. The van der Waals surface area contributed by atoms with E-state index in [1.165, 1.54) is 29.9 Å². The molecule has 0 saturated heterocycles. The number of nitrogens with zero attached hydrogens (tertiary/aromatic N) is 3. The number of fused-ring (bicyclic) bond motifs is 1. The van der Waals surface area contributed by atoms with E-state index >= 15 is 0 Å². The summed E-state index contributed by atoms with van der Waals surface area (Å²) in [7, 11) is 0. The highest BCUT2D eigenvalue weighted by Gasteiger charge is 2.08. The minimum atomic E-state index is -0.421. The molecule has 0 spiro atoms. The van der Waals surface area contributed by atoms with Gasteiger partial charge in [0.05, 0.1) is 16.4 Å². The largest absolute Gasteiger partial charge is 0.326 e. The third-order valence-electron chi connectivity index (χ3n) is 2.38. The van der Waals surface area contributed by atoms with Gasteiger partial charge in [0.1, 0.15) is 0 Å². The zero-order chi connectivity index (χ0) is 13.9. The van der Waals surface area contributed by atoms with E-state index in [2.05, 4.69) is 25.6 Å². The first kappa shape index (κ1) is 12.8. The highest BCUT2D eigenvalue weighted by atomic mass is 35.5. The Morgan fingerprint density at radius 1 is 1.25 bits per heavy atom. The van der Waals surface area contributed by atoms with Gasteiger partial charge in [0.25, 0.3) is 0 Å². The predicted octanol–water partition coefficient (Wildman–Crippen LogP) is 3.38. The van der Waals surface area contributed by atoms with Crippen molar-refractivity contribution in [2.75, 3.05) is 10.6 Å². The zero-order valence-corrected chi connectivity index (χ0v) is 11.6. The molecule has 0 fully saturated rings. The number of amides is 2. The lowest BCUT2D eigenvalue weighted by molar-refractivity contribution is 0.262. The van der Waals surface area contributed by atoms with E-state index < -0.39 is 6.03 Å². The molecule has 0 aliphatic carbocycles. The number of carbonyl (C=O) groups is 1. The summed E-state index contributed by atoms with van der Waals surface area (Å²) in [4.78, 5) is 23.9. The summed E-state index contributed by atoms with van der Waals surface area (Å²) < 4.78 is 0.910. The molecule has 2 N–H and O–H groups in total. The SMILES string of the molecule is O=C(Nc1cnccn1)Nc1nc2ccc(Cl)cc2s1. The Bertz CT molecular complexity index is 761. The molecule has 3 aromatic rings. The molecule has 20 heavy (non-hydrogen) atoms. The number of rotatable bonds is 2. The van der Waals surface area contributed by atoms with Crippen LogP contribution in [0.25, 0.3) is 10.2 Å². The fourth-order valence-electron chi connectivity index (χ4n) is 1.56. The van der Waals surface area contributed by atoms with E-state index in [-0.39, 0.29) is 0 Å². The fraction of sp³-hybridized carbons (Fsp3) is 0. The first-order valence-electron chi connectivity index (χ1n) is 5.61. The summed E-state index contributed by atoms with van der Waals surface area (Å²) in [5.74, 6) is 0.370. The predicted molar refractivity (Wildman–Crippen MR) is 79.3 cm³/mol. The van der Waals surface area contributed by atoms with Gasteiger partial charge < -0.3 is 0 Å². The molecule has 0 bridgehead atoms. The maximum Gasteiger partial charge on any atom is 0.326 e. The number of benzene rings is 1. The zero-order valence-electron chi connectivity index (χ0n) is 10.0. The summed E-state index contributed by atoms with van der Waals surface area (Å²) in [5.41, 5.74) is 0.786. The molecule has 0 unspecified atom stereocenters. The average molecular weight is 306 g/mol. The van der Waals surface area contributed by atoms with E-state index in [1.54, 1.807) is 18.2 Å². The van der Waals surface area contributed by atoms with Crippen LogP contribution in [0.3, 0.4) is 0 Å². The quantitative estimate of drug-likeness (QED) is 0.760. The van der Waals surface area contributed by atoms with Gasteiger partial charge in [-0.15, -0.1) is 0 Å². The molecule has 0 aliphatic rings. The van der Waals surface area contributed by atoms with Gasteiger partial charge in [0.15, 0.2) is 10.9 Å². The Hall–Kier alpha value is -2.25. The van der Waals surface area contributed by atoms with Crippen molar-refractivity contribution in [2.45, 2.75) is 0 Å². The Labute approximate surface area is 122 Å². The molecule has 0 atom stereocenters. The Balaban J connectivity index is 1.74. The number of nitrogens with one attached hydrogen (secondary N) is 2. The van der Waals surface area contributed by atoms with E-state index in [1.807, 2.05) is 0 Å². The number of hydrogen-bond donors (Lipinski definition) is 2. The lowest BCUT2D eigenvalue weighted by atomic mass is 10.3. The number of thiazole rings is 1. The standard InChI is InChI=1S/C12H8ClN5OS/c13-7-1-2-8-9(5-7)20-12(16-8)18-11(19)17-10-6-14-3-4-15-10/h1-6H,(H2,15,16,17,18,19). The van der Waals surface area contributed by atoms with E-state index in [9.17, 15) is 4.79 Å². The average Bonchev–Trinajstić information content (AvgIpc) is 2.80. The number of hydrogen-bond acceptors (Lipinski definition) is 5. The van der Waals surface area contributed by atoms with Crippen LogP contribution in [0.1, 0.15) is 0 Å². The summed E-state index contributed by atoms with van der Waals surface area (Å²) >= 11 is 7.25. The maximum absolute atomic E-state index is 11.8. The smallest absolute Gasteiger partial charge is 0.291 e. The lowest BCUT2D eigenvalue weighted by Gasteiger charge is -2.02. The first-order valence-corrected chi connectivity index (χ1v) is 6.80. The third-order valence-corrected chi connectivity index (χ3v) is 3.54. The third kappa shape index (κ3) is 2.84. The Morgan fingerprint density at radius 3 is 2.95 bits per heavy atom. The molecular formula is C12H8ClN5OS. The Kier molecular flexibility index (Phi) is 3.44. The van der Waals surface area contributed by atoms with Gasteiger partial charge in [-0.1, -0.05) is 22.9 Å². The van der Waals surface area contributed by atoms with Crippen LogP contribution in [0.5, 0.6) is 0 Å². The summed E-state index contributed by atoms with van der Waals surface area (Å²) in [6.45, 7) is 0. The summed E-state index contributed by atoms with van der Waals surface area (Å²) in [6, 6.07) is 4.95. The van der Waals surface area contributed by atoms with Crippen molar-refractivity contribution >= 4 is 50.1 Å². The highest BCUT2D eigenvalue weighted by molar-refractivity contribution is 7.22. The van der Waals surface area contributed by atoms with Crippen molar-refractivity contribution < 1.29 is 4.79 Å². The van der Waals surface area contributed by atoms with Crippen LogP contribution in [0.4, 0.5) is 15.7 Å². The van der Waals surface area contributed by atoms with Crippen LogP contribution in [-0.2, 0) is 0 Å². The van der Waals surface area contributed by atoms with Crippen molar-refractivity contribution in [1.82, 2.24) is 15.0 Å². The topological polar surface area (TPSA) is 79.8 Å². The van der Waals surface area contributed by atoms with Crippen molar-refractivity contribution in [3.63, 3.8) is 0 Å². The van der Waals surface area contributed by atoms with Gasteiger partial charge >= 0.3 is 6.03 Å².